The summed E-state index contributed by atoms with van der Waals surface area (Å²) >= 11 is 1.35. The number of aliphatic carboxylic acids is 1. The molecule has 178 valence electrons. The molecule has 0 bridgehead atoms. The third-order valence-electron chi connectivity index (χ3n) is 5.11. The molecule has 0 radical (unpaired) electrons. The molecule has 0 unspecified atom stereocenters. The highest BCUT2D eigenvalue weighted by atomic mass is 32.2. The Labute approximate surface area is 196 Å². The number of aromatic carboxylic acids is 1. The molecule has 0 aromatic heterocycles. The SMILES string of the molecule is CC(C)CCCCCCC/C=C\C=C\[C@@H](SCCC(=O)O)[C@@H](O)c1cccc(C(=O)O)c1. The summed E-state index contributed by atoms with van der Waals surface area (Å²) in [5.41, 5.74) is 0.618. The van der Waals surface area contributed by atoms with Gasteiger partial charge in [-0.3, -0.25) is 4.79 Å². The minimum absolute atomic E-state index is 0.00387. The summed E-state index contributed by atoms with van der Waals surface area (Å²) in [6, 6.07) is 6.23. The first-order valence-electron chi connectivity index (χ1n) is 11.5. The van der Waals surface area contributed by atoms with Gasteiger partial charge in [-0.15, -0.1) is 0 Å². The molecule has 5 nitrogen and oxygen atoms in total. The van der Waals surface area contributed by atoms with Gasteiger partial charge < -0.3 is 15.3 Å². The summed E-state index contributed by atoms with van der Waals surface area (Å²) in [5.74, 6) is -0.782. The van der Waals surface area contributed by atoms with Crippen LogP contribution in [0, 0.1) is 5.92 Å². The first kappa shape index (κ1) is 28.0. The van der Waals surface area contributed by atoms with E-state index in [1.165, 1.54) is 56.0 Å². The third-order valence-corrected chi connectivity index (χ3v) is 6.35. The molecular formula is C26H38O5S. The Bertz CT molecular complexity index is 741. The van der Waals surface area contributed by atoms with Gasteiger partial charge in [0.1, 0.15) is 0 Å². The number of carboxylic acid groups (broad SMARTS) is 2. The van der Waals surface area contributed by atoms with Crippen molar-refractivity contribution in [3.8, 4) is 0 Å². The van der Waals surface area contributed by atoms with Gasteiger partial charge in [0.05, 0.1) is 23.3 Å². The number of thioether (sulfide) groups is 1. The maximum absolute atomic E-state index is 11.2. The molecule has 6 heteroatoms. The fourth-order valence-electron chi connectivity index (χ4n) is 3.27. The summed E-state index contributed by atoms with van der Waals surface area (Å²) in [4.78, 5) is 22.1. The van der Waals surface area contributed by atoms with E-state index in [0.29, 0.717) is 11.3 Å². The van der Waals surface area contributed by atoms with Crippen LogP contribution in [-0.2, 0) is 4.79 Å². The number of carbonyl (C=O) groups is 2. The summed E-state index contributed by atoms with van der Waals surface area (Å²) in [7, 11) is 0. The lowest BCUT2D eigenvalue weighted by atomic mass is 10.0. The minimum Gasteiger partial charge on any atom is -0.481 e. The van der Waals surface area contributed by atoms with Crippen LogP contribution in [0.3, 0.4) is 0 Å². The molecular weight excluding hydrogens is 424 g/mol. The second-order valence-electron chi connectivity index (χ2n) is 8.41. The van der Waals surface area contributed by atoms with E-state index in [2.05, 4.69) is 19.9 Å². The van der Waals surface area contributed by atoms with Crippen molar-refractivity contribution in [3.05, 3.63) is 59.7 Å². The number of hydrogen-bond acceptors (Lipinski definition) is 4. The molecule has 0 fully saturated rings. The molecule has 0 heterocycles. The van der Waals surface area contributed by atoms with Crippen molar-refractivity contribution in [3.63, 3.8) is 0 Å². The van der Waals surface area contributed by atoms with Gasteiger partial charge in [-0.2, -0.15) is 11.8 Å². The predicted molar refractivity (Wildman–Crippen MR) is 132 cm³/mol. The average molecular weight is 463 g/mol. The molecule has 32 heavy (non-hydrogen) atoms. The highest BCUT2D eigenvalue weighted by Gasteiger charge is 2.20. The number of allylic oxidation sites excluding steroid dienone is 3. The molecule has 0 amide bonds. The van der Waals surface area contributed by atoms with Gasteiger partial charge in [-0.1, -0.05) is 82.4 Å². The Balaban J connectivity index is 2.56. The summed E-state index contributed by atoms with van der Waals surface area (Å²) in [6.07, 6.45) is 15.5. The largest absolute Gasteiger partial charge is 0.481 e. The fourth-order valence-corrected chi connectivity index (χ4v) is 4.38. The number of unbranched alkanes of at least 4 members (excludes halogenated alkanes) is 5. The number of aliphatic hydroxyl groups excluding tert-OH is 1. The molecule has 0 aliphatic rings. The Kier molecular flexibility index (Phi) is 14.5. The van der Waals surface area contributed by atoms with Gasteiger partial charge in [0.15, 0.2) is 0 Å². The number of rotatable bonds is 17. The molecule has 0 saturated carbocycles. The Hall–Kier alpha value is -2.05. The van der Waals surface area contributed by atoms with Crippen molar-refractivity contribution < 1.29 is 24.9 Å². The average Bonchev–Trinajstić information content (AvgIpc) is 2.75. The van der Waals surface area contributed by atoms with Crippen molar-refractivity contribution in [2.45, 2.75) is 76.6 Å². The molecule has 1 rings (SSSR count). The van der Waals surface area contributed by atoms with Gasteiger partial charge in [-0.05, 0) is 36.5 Å². The fraction of sp³-hybridized carbons (Fsp3) is 0.538. The minimum atomic E-state index is -1.05. The molecule has 1 aromatic rings. The van der Waals surface area contributed by atoms with Crippen LogP contribution < -0.4 is 0 Å². The van der Waals surface area contributed by atoms with E-state index in [0.717, 1.165) is 18.8 Å². The number of carboxylic acids is 2. The Morgan fingerprint density at radius 1 is 1.03 bits per heavy atom. The van der Waals surface area contributed by atoms with E-state index in [1.54, 1.807) is 12.1 Å². The van der Waals surface area contributed by atoms with Crippen LogP contribution >= 0.6 is 11.8 Å². The second-order valence-corrected chi connectivity index (χ2v) is 9.69. The molecule has 3 N–H and O–H groups in total. The van der Waals surface area contributed by atoms with Crippen LogP contribution in [0.4, 0.5) is 0 Å². The van der Waals surface area contributed by atoms with Crippen molar-refractivity contribution in [1.29, 1.82) is 0 Å². The van der Waals surface area contributed by atoms with Crippen LogP contribution in [0.25, 0.3) is 0 Å². The molecule has 0 aliphatic carbocycles. The second kappa shape index (κ2) is 16.6. The Morgan fingerprint density at radius 3 is 2.44 bits per heavy atom. The molecule has 0 aliphatic heterocycles. The summed E-state index contributed by atoms with van der Waals surface area (Å²) in [5, 5.41) is 28.5. The van der Waals surface area contributed by atoms with Crippen molar-refractivity contribution in [2.24, 2.45) is 5.92 Å². The number of benzene rings is 1. The van der Waals surface area contributed by atoms with Crippen molar-refractivity contribution >= 4 is 23.7 Å². The van der Waals surface area contributed by atoms with E-state index < -0.39 is 18.0 Å². The lowest BCUT2D eigenvalue weighted by molar-refractivity contribution is -0.136. The van der Waals surface area contributed by atoms with Gasteiger partial charge in [-0.25, -0.2) is 4.79 Å². The van der Waals surface area contributed by atoms with Crippen LogP contribution in [0.5, 0.6) is 0 Å². The zero-order chi connectivity index (χ0) is 23.8. The zero-order valence-electron chi connectivity index (χ0n) is 19.3. The zero-order valence-corrected chi connectivity index (χ0v) is 20.1. The number of aliphatic hydroxyl groups is 1. The smallest absolute Gasteiger partial charge is 0.335 e. The van der Waals surface area contributed by atoms with Crippen LogP contribution in [0.2, 0.25) is 0 Å². The van der Waals surface area contributed by atoms with E-state index in [9.17, 15) is 19.8 Å². The maximum Gasteiger partial charge on any atom is 0.335 e. The quantitative estimate of drug-likeness (QED) is 0.181. The van der Waals surface area contributed by atoms with Crippen molar-refractivity contribution in [1.82, 2.24) is 0 Å². The number of hydrogen-bond donors (Lipinski definition) is 3. The monoisotopic (exact) mass is 462 g/mol. The summed E-state index contributed by atoms with van der Waals surface area (Å²) < 4.78 is 0. The van der Waals surface area contributed by atoms with Gasteiger partial charge in [0.25, 0.3) is 0 Å². The molecule has 2 atom stereocenters. The van der Waals surface area contributed by atoms with Gasteiger partial charge in [0, 0.05) is 5.75 Å². The first-order chi connectivity index (χ1) is 15.3. The first-order valence-corrected chi connectivity index (χ1v) is 12.5. The maximum atomic E-state index is 11.2. The third kappa shape index (κ3) is 12.7. The topological polar surface area (TPSA) is 94.8 Å². The van der Waals surface area contributed by atoms with E-state index in [-0.39, 0.29) is 17.2 Å². The van der Waals surface area contributed by atoms with Gasteiger partial charge in [0.2, 0.25) is 0 Å². The lowest BCUT2D eigenvalue weighted by Crippen LogP contribution is -2.15. The van der Waals surface area contributed by atoms with E-state index in [1.807, 2.05) is 18.2 Å². The highest BCUT2D eigenvalue weighted by Crippen LogP contribution is 2.29. The van der Waals surface area contributed by atoms with Gasteiger partial charge >= 0.3 is 11.9 Å². The lowest BCUT2D eigenvalue weighted by Gasteiger charge is -2.20. The van der Waals surface area contributed by atoms with E-state index >= 15 is 0 Å². The van der Waals surface area contributed by atoms with E-state index in [4.69, 9.17) is 5.11 Å². The molecule has 1 aromatic carbocycles. The van der Waals surface area contributed by atoms with Crippen LogP contribution in [0.15, 0.2) is 48.6 Å². The van der Waals surface area contributed by atoms with Crippen LogP contribution in [0.1, 0.15) is 87.2 Å². The van der Waals surface area contributed by atoms with Crippen LogP contribution in [-0.4, -0.2) is 38.3 Å². The van der Waals surface area contributed by atoms with Crippen molar-refractivity contribution in [2.75, 3.05) is 5.75 Å². The Morgan fingerprint density at radius 2 is 1.75 bits per heavy atom. The molecule has 0 saturated heterocycles. The highest BCUT2D eigenvalue weighted by molar-refractivity contribution is 8.00. The molecule has 0 spiro atoms. The standard InChI is InChI=1S/C26H38O5S/c1-20(2)13-10-8-6-4-3-5-7-9-11-16-23(32-18-17-24(27)28)25(29)21-14-12-15-22(19-21)26(30)31/h7,9,11-12,14-16,19-20,23,25,29H,3-6,8,10,13,17-18H2,1-2H3,(H,27,28)(H,30,31)/b9-7-,16-11+/t23-,25+/m1/s1. The summed E-state index contributed by atoms with van der Waals surface area (Å²) in [6.45, 7) is 4.53. The normalized spacial score (nSPS) is 13.8. The predicted octanol–water partition coefficient (Wildman–Crippen LogP) is 6.49.